The van der Waals surface area contributed by atoms with Crippen molar-refractivity contribution in [3.63, 3.8) is 0 Å². The Bertz CT molecular complexity index is 1200. The number of amidine groups is 1. The Labute approximate surface area is 206 Å². The van der Waals surface area contributed by atoms with Crippen LogP contribution in [-0.2, 0) is 4.79 Å². The largest absolute Gasteiger partial charge is 0.493 e. The van der Waals surface area contributed by atoms with Crippen molar-refractivity contribution in [1.29, 1.82) is 0 Å². The molecule has 0 aromatic heterocycles. The molecular weight excluding hydrogens is 500 g/mol. The molecule has 1 amide bonds. The Balaban J connectivity index is 1.73. The van der Waals surface area contributed by atoms with Gasteiger partial charge in [0.2, 0.25) is 0 Å². The molecule has 1 heterocycles. The monoisotopic (exact) mass is 522 g/mol. The van der Waals surface area contributed by atoms with Crippen LogP contribution in [0.25, 0.3) is 6.08 Å². The Morgan fingerprint density at radius 2 is 1.76 bits per heavy atom. The van der Waals surface area contributed by atoms with Gasteiger partial charge >= 0.3 is 0 Å². The third-order valence-corrected chi connectivity index (χ3v) is 6.36. The molecule has 1 fully saturated rings. The van der Waals surface area contributed by atoms with Crippen LogP contribution in [0.2, 0.25) is 0 Å². The van der Waals surface area contributed by atoms with E-state index in [0.29, 0.717) is 28.2 Å². The first-order valence-electron chi connectivity index (χ1n) is 10.5. The summed E-state index contributed by atoms with van der Waals surface area (Å²) in [5, 5.41) is 0.609. The quantitative estimate of drug-likeness (QED) is 0.311. The number of hydrogen-bond acceptors (Lipinski definition) is 5. The number of amides is 1. The third kappa shape index (κ3) is 5.31. The Morgan fingerprint density at radius 3 is 2.42 bits per heavy atom. The smallest absolute Gasteiger partial charge is 0.271 e. The number of methoxy groups -OCH3 is 1. The molecule has 1 saturated heterocycles. The van der Waals surface area contributed by atoms with Crippen molar-refractivity contribution < 1.29 is 14.3 Å². The lowest BCUT2D eigenvalue weighted by Crippen LogP contribution is -2.28. The highest BCUT2D eigenvalue weighted by Gasteiger charge is 2.34. The second-order valence-electron chi connectivity index (χ2n) is 7.20. The number of anilines is 1. The zero-order valence-corrected chi connectivity index (χ0v) is 20.7. The second-order valence-corrected chi connectivity index (χ2v) is 9.06. The first-order valence-corrected chi connectivity index (χ1v) is 12.1. The third-order valence-electron chi connectivity index (χ3n) is 4.80. The van der Waals surface area contributed by atoms with Gasteiger partial charge in [0.25, 0.3) is 5.91 Å². The van der Waals surface area contributed by atoms with Crippen molar-refractivity contribution in [2.45, 2.75) is 13.3 Å². The lowest BCUT2D eigenvalue weighted by molar-refractivity contribution is -0.113. The molecule has 168 valence electrons. The topological polar surface area (TPSA) is 51.1 Å². The number of carbonyl (C=O) groups excluding carboxylic acids is 1. The number of carbonyl (C=O) groups is 1. The molecule has 0 N–H and O–H groups in total. The van der Waals surface area contributed by atoms with Gasteiger partial charge in [0.05, 0.1) is 34.5 Å². The lowest BCUT2D eigenvalue weighted by Gasteiger charge is -2.15. The van der Waals surface area contributed by atoms with Crippen molar-refractivity contribution in [2.24, 2.45) is 4.99 Å². The number of benzene rings is 3. The molecule has 0 aliphatic carbocycles. The fraction of sp³-hybridized carbons (Fsp3) is 0.154. The Morgan fingerprint density at radius 1 is 1.06 bits per heavy atom. The molecule has 0 atom stereocenters. The van der Waals surface area contributed by atoms with Gasteiger partial charge in [-0.05, 0) is 82.2 Å². The van der Waals surface area contributed by atoms with E-state index in [1.807, 2.05) is 78.9 Å². The van der Waals surface area contributed by atoms with Crippen LogP contribution in [-0.4, -0.2) is 24.8 Å². The van der Waals surface area contributed by atoms with E-state index in [1.54, 1.807) is 12.0 Å². The Kier molecular flexibility index (Phi) is 7.52. The summed E-state index contributed by atoms with van der Waals surface area (Å²) in [5.41, 5.74) is 2.39. The van der Waals surface area contributed by atoms with Gasteiger partial charge in [0.15, 0.2) is 16.7 Å². The number of halogens is 1. The van der Waals surface area contributed by atoms with Crippen LogP contribution in [0.4, 0.5) is 11.4 Å². The van der Waals surface area contributed by atoms with Gasteiger partial charge in [-0.1, -0.05) is 43.3 Å². The number of thioether (sulfide) groups is 1. The Hall–Kier alpha value is -3.03. The highest BCUT2D eigenvalue weighted by atomic mass is 79.9. The predicted octanol–water partition coefficient (Wildman–Crippen LogP) is 7.06. The zero-order chi connectivity index (χ0) is 23.2. The first-order chi connectivity index (χ1) is 16.1. The summed E-state index contributed by atoms with van der Waals surface area (Å²) in [6.45, 7) is 2.64. The molecule has 4 rings (SSSR count). The minimum Gasteiger partial charge on any atom is -0.493 e. The van der Waals surface area contributed by atoms with Crippen LogP contribution < -0.4 is 14.4 Å². The van der Waals surface area contributed by atoms with Crippen LogP contribution in [0.1, 0.15) is 18.9 Å². The van der Waals surface area contributed by atoms with E-state index in [0.717, 1.165) is 27.8 Å². The first kappa shape index (κ1) is 23.1. The molecule has 0 unspecified atom stereocenters. The maximum Gasteiger partial charge on any atom is 0.271 e. The van der Waals surface area contributed by atoms with Crippen LogP contribution >= 0.6 is 27.7 Å². The SMILES string of the molecule is CCCOc1c(Br)cc(/C=C2\SC(=Nc3ccccc3)N(c3ccccc3)C2=O)cc1OC. The molecule has 0 radical (unpaired) electrons. The van der Waals surface area contributed by atoms with E-state index in [4.69, 9.17) is 14.5 Å². The summed E-state index contributed by atoms with van der Waals surface area (Å²) in [4.78, 5) is 20.4. The maximum absolute atomic E-state index is 13.4. The van der Waals surface area contributed by atoms with Gasteiger partial charge < -0.3 is 9.47 Å². The van der Waals surface area contributed by atoms with E-state index in [2.05, 4.69) is 22.9 Å². The summed E-state index contributed by atoms with van der Waals surface area (Å²) >= 11 is 4.93. The fourth-order valence-electron chi connectivity index (χ4n) is 3.29. The van der Waals surface area contributed by atoms with E-state index in [-0.39, 0.29) is 5.91 Å². The normalized spacial score (nSPS) is 16.0. The van der Waals surface area contributed by atoms with Crippen LogP contribution in [0.5, 0.6) is 11.5 Å². The van der Waals surface area contributed by atoms with Gasteiger partial charge in [-0.15, -0.1) is 0 Å². The lowest BCUT2D eigenvalue weighted by atomic mass is 10.1. The summed E-state index contributed by atoms with van der Waals surface area (Å²) in [6, 6.07) is 23.0. The summed E-state index contributed by atoms with van der Waals surface area (Å²) in [5.74, 6) is 1.14. The fourth-order valence-corrected chi connectivity index (χ4v) is 4.86. The molecule has 1 aliphatic rings. The zero-order valence-electron chi connectivity index (χ0n) is 18.3. The number of rotatable bonds is 7. The average molecular weight is 523 g/mol. The number of nitrogens with zero attached hydrogens (tertiary/aromatic N) is 2. The standard InChI is InChI=1S/C26H23BrN2O3S/c1-3-14-32-24-21(27)15-18(16-22(24)31-2)17-23-25(30)29(20-12-8-5-9-13-20)26(33-23)28-19-10-6-4-7-11-19/h4-13,15-17H,3,14H2,1-2H3/b23-17-,28-26?. The molecule has 3 aromatic carbocycles. The molecule has 5 nitrogen and oxygen atoms in total. The number of aliphatic imine (C=N–C) groups is 1. The van der Waals surface area contributed by atoms with Crippen molar-refractivity contribution in [2.75, 3.05) is 18.6 Å². The molecule has 7 heteroatoms. The van der Waals surface area contributed by atoms with Gasteiger partial charge in [-0.2, -0.15) is 0 Å². The summed E-state index contributed by atoms with van der Waals surface area (Å²) in [6.07, 6.45) is 2.75. The van der Waals surface area contributed by atoms with Gasteiger partial charge in [-0.3, -0.25) is 9.69 Å². The molecule has 3 aromatic rings. The number of ether oxygens (including phenoxy) is 2. The highest BCUT2D eigenvalue weighted by molar-refractivity contribution is 9.10. The minimum atomic E-state index is -0.123. The molecule has 0 spiro atoms. The molecule has 33 heavy (non-hydrogen) atoms. The molecular formula is C26H23BrN2O3S. The molecule has 0 saturated carbocycles. The highest BCUT2D eigenvalue weighted by Crippen LogP contribution is 2.40. The van der Waals surface area contributed by atoms with Crippen molar-refractivity contribution in [3.05, 3.63) is 87.7 Å². The second kappa shape index (κ2) is 10.7. The number of para-hydroxylation sites is 2. The number of hydrogen-bond donors (Lipinski definition) is 0. The summed E-state index contributed by atoms with van der Waals surface area (Å²) < 4.78 is 12.1. The molecule has 0 bridgehead atoms. The van der Waals surface area contributed by atoms with Crippen LogP contribution in [0.15, 0.2) is 87.2 Å². The average Bonchev–Trinajstić information content (AvgIpc) is 3.13. The summed E-state index contributed by atoms with van der Waals surface area (Å²) in [7, 11) is 1.61. The minimum absolute atomic E-state index is 0.123. The molecule has 1 aliphatic heterocycles. The van der Waals surface area contributed by atoms with Gasteiger partial charge in [0.1, 0.15) is 0 Å². The van der Waals surface area contributed by atoms with E-state index in [9.17, 15) is 4.79 Å². The van der Waals surface area contributed by atoms with Crippen molar-refractivity contribution in [3.8, 4) is 11.5 Å². The van der Waals surface area contributed by atoms with Gasteiger partial charge in [-0.25, -0.2) is 4.99 Å². The van der Waals surface area contributed by atoms with E-state index >= 15 is 0 Å². The van der Waals surface area contributed by atoms with E-state index in [1.165, 1.54) is 11.8 Å². The predicted molar refractivity (Wildman–Crippen MR) is 140 cm³/mol. The maximum atomic E-state index is 13.4. The van der Waals surface area contributed by atoms with E-state index < -0.39 is 0 Å². The van der Waals surface area contributed by atoms with Crippen LogP contribution in [0, 0.1) is 0 Å². The van der Waals surface area contributed by atoms with Crippen LogP contribution in [0.3, 0.4) is 0 Å². The van der Waals surface area contributed by atoms with Crippen molar-refractivity contribution in [1.82, 2.24) is 0 Å². The van der Waals surface area contributed by atoms with Crippen molar-refractivity contribution >= 4 is 56.2 Å². The van der Waals surface area contributed by atoms with Gasteiger partial charge in [0, 0.05) is 0 Å².